The van der Waals surface area contributed by atoms with E-state index in [-0.39, 0.29) is 30.3 Å². The van der Waals surface area contributed by atoms with E-state index in [1.807, 2.05) is 6.92 Å². The second-order valence-electron chi connectivity index (χ2n) is 8.23. The molecule has 0 spiro atoms. The van der Waals surface area contributed by atoms with E-state index in [0.29, 0.717) is 12.1 Å². The predicted molar refractivity (Wildman–Crippen MR) is 123 cm³/mol. The maximum Gasteiger partial charge on any atom is 0.278 e. The normalized spacial score (nSPS) is 20.4. The van der Waals surface area contributed by atoms with Gasteiger partial charge < -0.3 is 14.7 Å². The summed E-state index contributed by atoms with van der Waals surface area (Å²) in [5.41, 5.74) is -0.196. The van der Waals surface area contributed by atoms with Crippen LogP contribution in [0.4, 0.5) is 8.78 Å². The largest absolute Gasteiger partial charge is 0.502 e. The number of hydrogen-bond donors (Lipinski definition) is 1. The molecule has 2 aliphatic heterocycles. The minimum atomic E-state index is -1.14. The van der Waals surface area contributed by atoms with Crippen molar-refractivity contribution in [1.29, 1.82) is 0 Å². The molecule has 0 saturated heterocycles. The molecule has 0 saturated carbocycles. The number of benzene rings is 1. The molecule has 10 heteroatoms. The smallest absolute Gasteiger partial charge is 0.278 e. The molecule has 0 aliphatic carbocycles. The van der Waals surface area contributed by atoms with Gasteiger partial charge in [0, 0.05) is 24.0 Å². The number of rotatable bonds is 2. The summed E-state index contributed by atoms with van der Waals surface area (Å²) in [6.45, 7) is 1.84. The van der Waals surface area contributed by atoms with Crippen molar-refractivity contribution in [2.24, 2.45) is 0 Å². The molecular weight excluding hydrogens is 458 g/mol. The fraction of sp³-hybridized carbons (Fsp3) is 0.240. The van der Waals surface area contributed by atoms with Crippen LogP contribution < -0.4 is 15.2 Å². The van der Waals surface area contributed by atoms with Crippen molar-refractivity contribution in [2.75, 3.05) is 18.3 Å². The number of nitrogens with zero attached hydrogens (tertiary/aromatic N) is 4. The molecular formula is C25H22F2N4O4. The van der Waals surface area contributed by atoms with Crippen LogP contribution in [-0.2, 0) is 0 Å². The Balaban J connectivity index is 1.84. The molecule has 0 radical (unpaired) electrons. The molecule has 2 aliphatic rings. The Labute approximate surface area is 199 Å². The minimum absolute atomic E-state index is 0.0106. The molecule has 8 nitrogen and oxygen atoms in total. The molecule has 35 heavy (non-hydrogen) atoms. The predicted octanol–water partition coefficient (Wildman–Crippen LogP) is 3.10. The summed E-state index contributed by atoms with van der Waals surface area (Å²) in [5.74, 6) is -3.71. The molecule has 2 aromatic heterocycles. The van der Waals surface area contributed by atoms with Gasteiger partial charge in [-0.25, -0.2) is 4.39 Å². The van der Waals surface area contributed by atoms with Crippen molar-refractivity contribution in [1.82, 2.24) is 14.6 Å². The summed E-state index contributed by atoms with van der Waals surface area (Å²) in [5, 5.41) is 12.3. The lowest BCUT2D eigenvalue weighted by Gasteiger charge is -2.45. The Morgan fingerprint density at radius 2 is 2.00 bits per heavy atom. The lowest BCUT2D eigenvalue weighted by Crippen LogP contribution is -2.57. The van der Waals surface area contributed by atoms with Crippen LogP contribution in [0.15, 0.2) is 65.7 Å². The molecule has 1 amide bonds. The number of pyridine rings is 2. The second kappa shape index (κ2) is 8.86. The Bertz CT molecular complexity index is 1380. The Hall–Kier alpha value is -4.21. The van der Waals surface area contributed by atoms with Gasteiger partial charge in [0.05, 0.1) is 11.7 Å². The number of hydrogen-bond acceptors (Lipinski definition) is 6. The minimum Gasteiger partial charge on any atom is -0.502 e. The van der Waals surface area contributed by atoms with Crippen LogP contribution in [0.3, 0.4) is 0 Å². The highest BCUT2D eigenvalue weighted by Crippen LogP contribution is 2.38. The highest BCUT2D eigenvalue weighted by molar-refractivity contribution is 5.96. The highest BCUT2D eigenvalue weighted by Gasteiger charge is 2.40. The number of carbonyl (C=O) groups is 1. The van der Waals surface area contributed by atoms with Crippen LogP contribution in [0.25, 0.3) is 0 Å². The number of carbonyl (C=O) groups excluding carboxylic acids is 1. The van der Waals surface area contributed by atoms with Crippen LogP contribution in [0.1, 0.15) is 41.1 Å². The average Bonchev–Trinajstić information content (AvgIpc) is 2.89. The Morgan fingerprint density at radius 1 is 1.17 bits per heavy atom. The van der Waals surface area contributed by atoms with Gasteiger partial charge in [0.2, 0.25) is 11.2 Å². The first-order valence-electron chi connectivity index (χ1n) is 11.1. The van der Waals surface area contributed by atoms with Gasteiger partial charge in [0.25, 0.3) is 5.91 Å². The molecule has 3 aromatic rings. The molecule has 180 valence electrons. The van der Waals surface area contributed by atoms with Gasteiger partial charge in [0.15, 0.2) is 23.0 Å². The maximum atomic E-state index is 15.0. The zero-order valence-corrected chi connectivity index (χ0v) is 18.8. The SMILES string of the molecule is CC[C@@H]1/C=C/COc2c(ccc(F)c2F)[C@H](c2ccccn2)N2CN1C(=O)c1c(O)c(=O)ccn12. The average molecular weight is 480 g/mol. The van der Waals surface area contributed by atoms with E-state index in [4.69, 9.17) is 4.74 Å². The fourth-order valence-corrected chi connectivity index (χ4v) is 4.54. The number of fused-ring (bicyclic) bond motifs is 5. The monoisotopic (exact) mass is 480 g/mol. The lowest BCUT2D eigenvalue weighted by atomic mass is 10.00. The van der Waals surface area contributed by atoms with Crippen LogP contribution in [0.2, 0.25) is 0 Å². The molecule has 1 N–H and O–H groups in total. The van der Waals surface area contributed by atoms with Crippen molar-refractivity contribution in [3.8, 4) is 11.5 Å². The first-order valence-corrected chi connectivity index (χ1v) is 11.1. The van der Waals surface area contributed by atoms with Crippen molar-refractivity contribution in [2.45, 2.75) is 25.4 Å². The van der Waals surface area contributed by atoms with Crippen molar-refractivity contribution >= 4 is 5.91 Å². The zero-order valence-electron chi connectivity index (χ0n) is 18.8. The Morgan fingerprint density at radius 3 is 2.74 bits per heavy atom. The Kier molecular flexibility index (Phi) is 5.72. The van der Waals surface area contributed by atoms with E-state index >= 15 is 4.39 Å². The van der Waals surface area contributed by atoms with Gasteiger partial charge in [-0.3, -0.25) is 24.3 Å². The quantitative estimate of drug-likeness (QED) is 0.568. The topological polar surface area (TPSA) is 87.9 Å². The van der Waals surface area contributed by atoms with Crippen molar-refractivity contribution < 1.29 is 23.4 Å². The lowest BCUT2D eigenvalue weighted by molar-refractivity contribution is 0.0625. The van der Waals surface area contributed by atoms with Crippen molar-refractivity contribution in [3.63, 3.8) is 0 Å². The zero-order chi connectivity index (χ0) is 24.7. The molecule has 2 bridgehead atoms. The van der Waals surface area contributed by atoms with Crippen LogP contribution >= 0.6 is 0 Å². The molecule has 5 rings (SSSR count). The van der Waals surface area contributed by atoms with Gasteiger partial charge in [-0.15, -0.1) is 0 Å². The standard InChI is InChI=1S/C25H22F2N4O4/c1-2-15-6-5-13-35-24-16(8-9-17(26)20(24)27)21(18-7-3-4-11-28-18)31-14-29(15)25(34)22-23(33)19(32)10-12-30(22)31/h3-12,15,21,33H,2,13-14H2,1H3/b6-5+/t15-,21-/m1/s1. The van der Waals surface area contributed by atoms with Crippen LogP contribution in [0, 0.1) is 11.6 Å². The summed E-state index contributed by atoms with van der Waals surface area (Å²) in [4.78, 5) is 31.7. The first kappa shape index (κ1) is 22.6. The number of halogens is 2. The van der Waals surface area contributed by atoms with E-state index in [9.17, 15) is 19.1 Å². The maximum absolute atomic E-state index is 15.0. The number of amides is 1. The van der Waals surface area contributed by atoms with Gasteiger partial charge >= 0.3 is 0 Å². The molecule has 4 heterocycles. The second-order valence-corrected chi connectivity index (χ2v) is 8.23. The summed E-state index contributed by atoms with van der Waals surface area (Å²) >= 11 is 0. The summed E-state index contributed by atoms with van der Waals surface area (Å²) < 4.78 is 36.4. The molecule has 0 unspecified atom stereocenters. The van der Waals surface area contributed by atoms with Gasteiger partial charge in [-0.2, -0.15) is 4.39 Å². The number of aromatic hydroxyl groups is 1. The third kappa shape index (κ3) is 3.71. The van der Waals surface area contributed by atoms with Crippen molar-refractivity contribution in [3.05, 3.63) is 99.8 Å². The first-order chi connectivity index (χ1) is 16.9. The fourth-order valence-electron chi connectivity index (χ4n) is 4.54. The number of ether oxygens (including phenoxy) is 1. The number of aromatic nitrogens is 2. The molecule has 0 fully saturated rings. The van der Waals surface area contributed by atoms with Crippen LogP contribution in [-0.4, -0.2) is 44.9 Å². The van der Waals surface area contributed by atoms with Gasteiger partial charge in [-0.1, -0.05) is 19.1 Å². The van der Waals surface area contributed by atoms with E-state index in [2.05, 4.69) is 4.98 Å². The van der Waals surface area contributed by atoms with Crippen LogP contribution in [0.5, 0.6) is 11.5 Å². The molecule has 1 aromatic carbocycles. The van der Waals surface area contributed by atoms with Gasteiger partial charge in [-0.05, 0) is 36.8 Å². The van der Waals surface area contributed by atoms with E-state index in [1.54, 1.807) is 41.6 Å². The molecule has 2 atom stereocenters. The van der Waals surface area contributed by atoms with E-state index in [1.165, 1.54) is 21.8 Å². The summed E-state index contributed by atoms with van der Waals surface area (Å²) in [6.07, 6.45) is 6.83. The highest BCUT2D eigenvalue weighted by atomic mass is 19.2. The van der Waals surface area contributed by atoms with E-state index < -0.39 is 40.8 Å². The van der Waals surface area contributed by atoms with Gasteiger partial charge in [0.1, 0.15) is 19.3 Å². The third-order valence-corrected chi connectivity index (χ3v) is 6.23. The summed E-state index contributed by atoms with van der Waals surface area (Å²) in [7, 11) is 0. The summed E-state index contributed by atoms with van der Waals surface area (Å²) in [6, 6.07) is 7.47. The van der Waals surface area contributed by atoms with E-state index in [0.717, 1.165) is 12.1 Å². The third-order valence-electron chi connectivity index (χ3n) is 6.23.